The van der Waals surface area contributed by atoms with Crippen molar-refractivity contribution in [2.24, 2.45) is 0 Å². The van der Waals surface area contributed by atoms with Crippen LogP contribution in [0.2, 0.25) is 0 Å². The van der Waals surface area contributed by atoms with Gasteiger partial charge in [-0.2, -0.15) is 13.2 Å². The smallest absolute Gasteiger partial charge is 0.390 e. The van der Waals surface area contributed by atoms with Crippen LogP contribution in [0.3, 0.4) is 0 Å². The minimum Gasteiger partial charge on any atom is -0.390 e. The summed E-state index contributed by atoms with van der Waals surface area (Å²) in [6, 6.07) is -0.0746. The van der Waals surface area contributed by atoms with Crippen LogP contribution >= 0.6 is 0 Å². The average molecular weight is 342 g/mol. The van der Waals surface area contributed by atoms with Gasteiger partial charge in [-0.25, -0.2) is 13.2 Å². The van der Waals surface area contributed by atoms with Gasteiger partial charge in [-0.3, -0.25) is 4.90 Å². The topological polar surface area (TPSA) is 35.5 Å². The Morgan fingerprint density at radius 3 is 2.26 bits per heavy atom. The Morgan fingerprint density at radius 2 is 1.74 bits per heavy atom. The highest BCUT2D eigenvalue weighted by atomic mass is 19.4. The third kappa shape index (κ3) is 3.78. The van der Waals surface area contributed by atoms with Crippen LogP contribution in [0.25, 0.3) is 0 Å². The van der Waals surface area contributed by atoms with Gasteiger partial charge in [0, 0.05) is 31.7 Å². The van der Waals surface area contributed by atoms with Gasteiger partial charge in [-0.05, 0) is 12.1 Å². The maximum atomic E-state index is 14.2. The fraction of sp³-hybridized carbons (Fsp3) is 0.571. The zero-order valence-electron chi connectivity index (χ0n) is 12.0. The number of piperazine rings is 1. The van der Waals surface area contributed by atoms with Crippen LogP contribution < -0.4 is 5.32 Å². The summed E-state index contributed by atoms with van der Waals surface area (Å²) in [6.45, 7) is -1.06. The van der Waals surface area contributed by atoms with Crippen molar-refractivity contribution in [3.63, 3.8) is 0 Å². The zero-order chi connectivity index (χ0) is 17.3. The Balaban J connectivity index is 2.60. The second kappa shape index (κ2) is 6.66. The largest absolute Gasteiger partial charge is 0.416 e. The van der Waals surface area contributed by atoms with E-state index in [0.29, 0.717) is 12.1 Å². The highest BCUT2D eigenvalue weighted by Crippen LogP contribution is 2.43. The molecule has 9 heteroatoms. The van der Waals surface area contributed by atoms with E-state index in [2.05, 4.69) is 5.32 Å². The molecule has 0 bridgehead atoms. The van der Waals surface area contributed by atoms with E-state index < -0.39 is 41.7 Å². The Morgan fingerprint density at radius 1 is 1.13 bits per heavy atom. The second-order valence-electron chi connectivity index (χ2n) is 5.31. The molecule has 1 aromatic carbocycles. The van der Waals surface area contributed by atoms with Gasteiger partial charge in [-0.15, -0.1) is 0 Å². The molecule has 0 aromatic heterocycles. The number of nitrogens with one attached hydrogen (secondary N) is 1. The summed E-state index contributed by atoms with van der Waals surface area (Å²) in [5.74, 6) is -5.28. The molecule has 1 aliphatic heterocycles. The number of alkyl halides is 5. The van der Waals surface area contributed by atoms with Gasteiger partial charge >= 0.3 is 6.18 Å². The molecule has 1 heterocycles. The molecule has 0 radical (unpaired) electrons. The van der Waals surface area contributed by atoms with E-state index >= 15 is 0 Å². The van der Waals surface area contributed by atoms with Gasteiger partial charge in [0.05, 0.1) is 5.56 Å². The molecule has 0 amide bonds. The molecule has 2 N–H and O–H groups in total. The Labute approximate surface area is 128 Å². The van der Waals surface area contributed by atoms with Crippen molar-refractivity contribution in [3.8, 4) is 0 Å². The molecule has 1 fully saturated rings. The molecule has 23 heavy (non-hydrogen) atoms. The lowest BCUT2D eigenvalue weighted by atomic mass is 9.92. The van der Waals surface area contributed by atoms with E-state index in [1.54, 1.807) is 0 Å². The lowest BCUT2D eigenvalue weighted by Crippen LogP contribution is -2.51. The van der Waals surface area contributed by atoms with E-state index in [9.17, 15) is 26.3 Å². The fourth-order valence-corrected chi connectivity index (χ4v) is 2.75. The number of aliphatic hydroxyl groups is 1. The van der Waals surface area contributed by atoms with Crippen molar-refractivity contribution >= 4 is 0 Å². The van der Waals surface area contributed by atoms with E-state index in [1.165, 1.54) is 0 Å². The highest BCUT2D eigenvalue weighted by molar-refractivity contribution is 5.35. The fourth-order valence-electron chi connectivity index (χ4n) is 2.75. The van der Waals surface area contributed by atoms with Gasteiger partial charge in [0.1, 0.15) is 18.5 Å². The van der Waals surface area contributed by atoms with Gasteiger partial charge in [0.2, 0.25) is 0 Å². The summed E-state index contributed by atoms with van der Waals surface area (Å²) in [6.07, 6.45) is -4.98. The van der Waals surface area contributed by atoms with Crippen LogP contribution in [0, 0.1) is 5.82 Å². The molecule has 1 aromatic rings. The number of rotatable bonds is 4. The highest BCUT2D eigenvalue weighted by Gasteiger charge is 2.49. The quantitative estimate of drug-likeness (QED) is 0.825. The normalized spacial score (nSPS) is 18.9. The minimum absolute atomic E-state index is 0.0197. The summed E-state index contributed by atoms with van der Waals surface area (Å²) in [4.78, 5) is 1.07. The predicted octanol–water partition coefficient (Wildman–Crippen LogP) is 2.42. The molecule has 1 saturated heterocycles. The van der Waals surface area contributed by atoms with Gasteiger partial charge in [-0.1, -0.05) is 6.07 Å². The standard InChI is InChI=1S/C14H16F6N2O/c15-10-3-1-2-9(14(18,19)20)11(10)12(13(16,17)8-23)22-6-4-21-5-7-22/h1-3,12,21,23H,4-8H2/t12-/m1/s1. The molecule has 3 nitrogen and oxygen atoms in total. The zero-order valence-corrected chi connectivity index (χ0v) is 12.0. The third-order valence-corrected chi connectivity index (χ3v) is 3.76. The predicted molar refractivity (Wildman–Crippen MR) is 70.6 cm³/mol. The monoisotopic (exact) mass is 342 g/mol. The maximum Gasteiger partial charge on any atom is 0.416 e. The Bertz CT molecular complexity index is 543. The van der Waals surface area contributed by atoms with Crippen LogP contribution in [-0.4, -0.2) is 48.7 Å². The molecule has 2 rings (SSSR count). The average Bonchev–Trinajstić information content (AvgIpc) is 2.49. The molecular weight excluding hydrogens is 326 g/mol. The van der Waals surface area contributed by atoms with Crippen molar-refractivity contribution in [1.29, 1.82) is 0 Å². The van der Waals surface area contributed by atoms with Crippen molar-refractivity contribution in [2.45, 2.75) is 18.1 Å². The first-order chi connectivity index (χ1) is 10.7. The van der Waals surface area contributed by atoms with E-state index in [-0.39, 0.29) is 26.2 Å². The van der Waals surface area contributed by atoms with Crippen LogP contribution in [0.4, 0.5) is 26.3 Å². The van der Waals surface area contributed by atoms with E-state index in [0.717, 1.165) is 11.0 Å². The van der Waals surface area contributed by atoms with Crippen LogP contribution in [0.15, 0.2) is 18.2 Å². The first kappa shape index (κ1) is 18.0. The molecule has 0 unspecified atom stereocenters. The summed E-state index contributed by atoms with van der Waals surface area (Å²) in [7, 11) is 0. The summed E-state index contributed by atoms with van der Waals surface area (Å²) in [5.41, 5.74) is -2.57. The molecule has 1 aliphatic rings. The van der Waals surface area contributed by atoms with Crippen molar-refractivity contribution in [2.75, 3.05) is 32.8 Å². The lowest BCUT2D eigenvalue weighted by molar-refractivity contribution is -0.145. The second-order valence-corrected chi connectivity index (χ2v) is 5.31. The summed E-state index contributed by atoms with van der Waals surface area (Å²) < 4.78 is 81.9. The minimum atomic E-state index is -4.98. The molecule has 0 saturated carbocycles. The number of hydrogen-bond donors (Lipinski definition) is 2. The summed E-state index contributed by atoms with van der Waals surface area (Å²) in [5, 5.41) is 11.8. The van der Waals surface area contributed by atoms with Crippen molar-refractivity contribution in [3.05, 3.63) is 35.1 Å². The van der Waals surface area contributed by atoms with Gasteiger partial charge in [0.15, 0.2) is 0 Å². The number of benzene rings is 1. The SMILES string of the molecule is OCC(F)(F)[C@@H](c1c(F)cccc1C(F)(F)F)N1CCNCC1. The molecule has 0 spiro atoms. The molecule has 130 valence electrons. The first-order valence-corrected chi connectivity index (χ1v) is 6.97. The number of halogens is 6. The number of hydrogen-bond acceptors (Lipinski definition) is 3. The van der Waals surface area contributed by atoms with Gasteiger partial charge in [0.25, 0.3) is 5.92 Å². The molecule has 0 aliphatic carbocycles. The molecular formula is C14H16F6N2O. The van der Waals surface area contributed by atoms with Crippen LogP contribution in [0.1, 0.15) is 17.2 Å². The van der Waals surface area contributed by atoms with Crippen molar-refractivity contribution < 1.29 is 31.4 Å². The first-order valence-electron chi connectivity index (χ1n) is 6.97. The van der Waals surface area contributed by atoms with Crippen molar-refractivity contribution in [1.82, 2.24) is 10.2 Å². The van der Waals surface area contributed by atoms with E-state index in [1.807, 2.05) is 0 Å². The number of nitrogens with zero attached hydrogens (tertiary/aromatic N) is 1. The summed E-state index contributed by atoms with van der Waals surface area (Å²) >= 11 is 0. The van der Waals surface area contributed by atoms with Crippen LogP contribution in [-0.2, 0) is 6.18 Å². The lowest BCUT2D eigenvalue weighted by Gasteiger charge is -2.39. The maximum absolute atomic E-state index is 14.2. The third-order valence-electron chi connectivity index (χ3n) is 3.76. The number of aliphatic hydroxyl groups excluding tert-OH is 1. The molecule has 1 atom stereocenters. The Hall–Kier alpha value is -1.32. The van der Waals surface area contributed by atoms with E-state index in [4.69, 9.17) is 5.11 Å². The van der Waals surface area contributed by atoms with Crippen LogP contribution in [0.5, 0.6) is 0 Å². The Kier molecular flexibility index (Phi) is 5.22. The van der Waals surface area contributed by atoms with Gasteiger partial charge < -0.3 is 10.4 Å².